The summed E-state index contributed by atoms with van der Waals surface area (Å²) in [7, 11) is 0. The Kier molecular flexibility index (Phi) is 9.56. The maximum Gasteiger partial charge on any atom is 0.407 e. The number of carbonyl (C=O) groups is 3. The third kappa shape index (κ3) is 7.07. The lowest BCUT2D eigenvalue weighted by Gasteiger charge is -2.27. The van der Waals surface area contributed by atoms with E-state index in [1.165, 1.54) is 0 Å². The number of rotatable bonds is 12. The molecule has 0 aromatic heterocycles. The van der Waals surface area contributed by atoms with Gasteiger partial charge in [0.15, 0.2) is 0 Å². The predicted molar refractivity (Wildman–Crippen MR) is 152 cm³/mol. The van der Waals surface area contributed by atoms with Crippen LogP contribution in [-0.2, 0) is 25.7 Å². The van der Waals surface area contributed by atoms with Gasteiger partial charge in [-0.15, -0.1) is 0 Å². The summed E-state index contributed by atoms with van der Waals surface area (Å²) >= 11 is 0. The summed E-state index contributed by atoms with van der Waals surface area (Å²) in [6.07, 6.45) is -1.31. The van der Waals surface area contributed by atoms with Crippen molar-refractivity contribution < 1.29 is 29.0 Å². The molecular formula is C32H36N2O6. The highest BCUT2D eigenvalue weighted by Gasteiger charge is 2.33. The van der Waals surface area contributed by atoms with Crippen molar-refractivity contribution in [2.45, 2.75) is 57.9 Å². The van der Waals surface area contributed by atoms with E-state index in [4.69, 9.17) is 9.47 Å². The number of nitrogens with one attached hydrogen (secondary N) is 2. The summed E-state index contributed by atoms with van der Waals surface area (Å²) < 4.78 is 11.6. The Balaban J connectivity index is 1.46. The summed E-state index contributed by atoms with van der Waals surface area (Å²) in [4.78, 5) is 38.1. The summed E-state index contributed by atoms with van der Waals surface area (Å²) in [5, 5.41) is 14.8. The number of hydrogen-bond acceptors (Lipinski definition) is 5. The first kappa shape index (κ1) is 28.8. The molecule has 0 radical (unpaired) electrons. The fourth-order valence-corrected chi connectivity index (χ4v) is 5.02. The van der Waals surface area contributed by atoms with Crippen molar-refractivity contribution in [3.8, 4) is 11.1 Å². The SMILES string of the molecule is CC(C)C[C@H](NC(=O)C(NC(=O)OCC1c2ccccc2-c2ccccc21)C(C)OCc1ccccc1)C(=O)O. The van der Waals surface area contributed by atoms with Gasteiger partial charge in [-0.05, 0) is 47.1 Å². The minimum atomic E-state index is -1.17. The Morgan fingerprint density at radius 2 is 1.40 bits per heavy atom. The second kappa shape index (κ2) is 13.3. The molecule has 210 valence electrons. The lowest BCUT2D eigenvalue weighted by atomic mass is 9.98. The molecule has 0 spiro atoms. The molecule has 2 amide bonds. The molecule has 0 fully saturated rings. The molecule has 8 nitrogen and oxygen atoms in total. The van der Waals surface area contributed by atoms with Crippen molar-refractivity contribution in [3.63, 3.8) is 0 Å². The van der Waals surface area contributed by atoms with Crippen LogP contribution in [0.5, 0.6) is 0 Å². The van der Waals surface area contributed by atoms with E-state index < -0.39 is 36.2 Å². The van der Waals surface area contributed by atoms with Crippen molar-refractivity contribution >= 4 is 18.0 Å². The number of amides is 2. The number of fused-ring (bicyclic) bond motifs is 3. The quantitative estimate of drug-likeness (QED) is 0.292. The smallest absolute Gasteiger partial charge is 0.407 e. The zero-order chi connectivity index (χ0) is 28.6. The summed E-state index contributed by atoms with van der Waals surface area (Å²) in [6.45, 7) is 5.71. The highest BCUT2D eigenvalue weighted by molar-refractivity contribution is 5.89. The van der Waals surface area contributed by atoms with Crippen LogP contribution in [0.25, 0.3) is 11.1 Å². The molecule has 40 heavy (non-hydrogen) atoms. The van der Waals surface area contributed by atoms with E-state index in [-0.39, 0.29) is 31.5 Å². The number of carboxylic acid groups (broad SMARTS) is 1. The van der Waals surface area contributed by atoms with Gasteiger partial charge in [0.1, 0.15) is 18.7 Å². The minimum absolute atomic E-state index is 0.0432. The fraction of sp³-hybridized carbons (Fsp3) is 0.344. The molecular weight excluding hydrogens is 508 g/mol. The van der Waals surface area contributed by atoms with Gasteiger partial charge in [-0.3, -0.25) is 4.79 Å². The van der Waals surface area contributed by atoms with E-state index >= 15 is 0 Å². The fourth-order valence-electron chi connectivity index (χ4n) is 5.02. The van der Waals surface area contributed by atoms with Gasteiger partial charge in [0.2, 0.25) is 5.91 Å². The lowest BCUT2D eigenvalue weighted by molar-refractivity contribution is -0.143. The third-order valence-electron chi connectivity index (χ3n) is 7.05. The van der Waals surface area contributed by atoms with E-state index in [0.29, 0.717) is 0 Å². The van der Waals surface area contributed by atoms with E-state index in [1.54, 1.807) is 6.92 Å². The molecule has 3 atom stereocenters. The standard InChI is InChI=1S/C32H36N2O6/c1-20(2)17-28(31(36)37)33-30(35)29(21(3)39-18-22-11-5-4-6-12-22)34-32(38)40-19-27-25-15-9-7-13-23(25)24-14-8-10-16-26(24)27/h4-16,20-21,27-29H,17-19H2,1-3H3,(H,33,35)(H,34,38)(H,36,37)/t21?,28-,29?/m0/s1. The molecule has 1 aliphatic carbocycles. The maximum absolute atomic E-state index is 13.3. The van der Waals surface area contributed by atoms with Crippen molar-refractivity contribution in [1.82, 2.24) is 10.6 Å². The predicted octanol–water partition coefficient (Wildman–Crippen LogP) is 5.11. The number of carbonyl (C=O) groups excluding carboxylic acids is 2. The number of hydrogen-bond donors (Lipinski definition) is 3. The third-order valence-corrected chi connectivity index (χ3v) is 7.05. The Labute approximate surface area is 234 Å². The first-order chi connectivity index (χ1) is 19.2. The number of carboxylic acids is 1. The molecule has 1 aliphatic rings. The maximum atomic E-state index is 13.3. The van der Waals surface area contributed by atoms with E-state index in [1.807, 2.05) is 80.6 Å². The van der Waals surface area contributed by atoms with Gasteiger partial charge in [0.25, 0.3) is 0 Å². The van der Waals surface area contributed by atoms with Gasteiger partial charge in [-0.1, -0.05) is 92.7 Å². The Bertz CT molecular complexity index is 1280. The Hall–Kier alpha value is -4.17. The molecule has 3 N–H and O–H groups in total. The highest BCUT2D eigenvalue weighted by atomic mass is 16.5. The molecule has 0 aliphatic heterocycles. The van der Waals surface area contributed by atoms with Crippen LogP contribution in [0.15, 0.2) is 78.9 Å². The van der Waals surface area contributed by atoms with Crippen molar-refractivity contribution in [3.05, 3.63) is 95.6 Å². The molecule has 8 heteroatoms. The van der Waals surface area contributed by atoms with Crippen molar-refractivity contribution in [1.29, 1.82) is 0 Å². The first-order valence-corrected chi connectivity index (χ1v) is 13.5. The van der Waals surface area contributed by atoms with E-state index in [9.17, 15) is 19.5 Å². The van der Waals surface area contributed by atoms with Gasteiger partial charge in [0.05, 0.1) is 12.7 Å². The molecule has 0 heterocycles. The first-order valence-electron chi connectivity index (χ1n) is 13.5. The minimum Gasteiger partial charge on any atom is -0.480 e. The van der Waals surface area contributed by atoms with Crippen LogP contribution in [-0.4, -0.2) is 47.9 Å². The molecule has 4 rings (SSSR count). The number of alkyl carbamates (subject to hydrolysis) is 1. The van der Waals surface area contributed by atoms with Gasteiger partial charge >= 0.3 is 12.1 Å². The van der Waals surface area contributed by atoms with Crippen LogP contribution in [0.4, 0.5) is 4.79 Å². The topological polar surface area (TPSA) is 114 Å². The number of benzene rings is 3. The lowest BCUT2D eigenvalue weighted by Crippen LogP contribution is -2.56. The zero-order valence-electron chi connectivity index (χ0n) is 23.0. The van der Waals surface area contributed by atoms with Crippen LogP contribution in [0.2, 0.25) is 0 Å². The molecule has 0 saturated carbocycles. The second-order valence-corrected chi connectivity index (χ2v) is 10.5. The van der Waals surface area contributed by atoms with Crippen LogP contribution >= 0.6 is 0 Å². The second-order valence-electron chi connectivity index (χ2n) is 10.5. The number of aliphatic carboxylic acids is 1. The molecule has 3 aromatic rings. The van der Waals surface area contributed by atoms with Gasteiger partial charge < -0.3 is 25.2 Å². The number of ether oxygens (including phenoxy) is 2. The van der Waals surface area contributed by atoms with Crippen molar-refractivity contribution in [2.24, 2.45) is 5.92 Å². The van der Waals surface area contributed by atoms with Gasteiger partial charge in [-0.2, -0.15) is 0 Å². The van der Waals surface area contributed by atoms with Crippen LogP contribution in [0.1, 0.15) is 49.8 Å². The van der Waals surface area contributed by atoms with Crippen LogP contribution in [0.3, 0.4) is 0 Å². The average Bonchev–Trinajstić information content (AvgIpc) is 3.27. The molecule has 0 saturated heterocycles. The highest BCUT2D eigenvalue weighted by Crippen LogP contribution is 2.44. The monoisotopic (exact) mass is 544 g/mol. The van der Waals surface area contributed by atoms with Crippen LogP contribution in [0, 0.1) is 5.92 Å². The average molecular weight is 545 g/mol. The van der Waals surface area contributed by atoms with Gasteiger partial charge in [-0.25, -0.2) is 9.59 Å². The summed E-state index contributed by atoms with van der Waals surface area (Å²) in [5.41, 5.74) is 5.26. The summed E-state index contributed by atoms with van der Waals surface area (Å²) in [6, 6.07) is 23.2. The van der Waals surface area contributed by atoms with Crippen molar-refractivity contribution in [2.75, 3.05) is 6.61 Å². The molecule has 3 aromatic carbocycles. The zero-order valence-corrected chi connectivity index (χ0v) is 23.0. The van der Waals surface area contributed by atoms with Crippen LogP contribution < -0.4 is 10.6 Å². The normalized spacial score (nSPS) is 14.5. The van der Waals surface area contributed by atoms with E-state index in [0.717, 1.165) is 27.8 Å². The Morgan fingerprint density at radius 1 is 0.825 bits per heavy atom. The summed E-state index contributed by atoms with van der Waals surface area (Å²) in [5.74, 6) is -1.89. The van der Waals surface area contributed by atoms with Gasteiger partial charge in [0, 0.05) is 5.92 Å². The molecule has 2 unspecified atom stereocenters. The Morgan fingerprint density at radius 3 is 1.98 bits per heavy atom. The largest absolute Gasteiger partial charge is 0.480 e. The molecule has 0 bridgehead atoms. The van der Waals surface area contributed by atoms with E-state index in [2.05, 4.69) is 22.8 Å².